The fourth-order valence-electron chi connectivity index (χ4n) is 4.75. The fourth-order valence-corrected chi connectivity index (χ4v) is 4.99. The molecule has 4 rings (SSSR count). The quantitative estimate of drug-likeness (QED) is 0.620. The molecule has 2 aliphatic carbocycles. The number of hydrogen-bond donors (Lipinski definition) is 0. The molecule has 0 bridgehead atoms. The zero-order chi connectivity index (χ0) is 19.6. The molecule has 142 valence electrons. The summed E-state index contributed by atoms with van der Waals surface area (Å²) in [6, 6.07) is 7.63. The van der Waals surface area contributed by atoms with E-state index in [1.807, 2.05) is 24.3 Å². The molecule has 0 N–H and O–H groups in total. The number of ether oxygens (including phenoxy) is 1. The number of halogens is 1. The monoisotopic (exact) mass is 384 g/mol. The maximum Gasteiger partial charge on any atom is 0.198 e. The average Bonchev–Trinajstić information content (AvgIpc) is 2.53. The number of ketones is 2. The van der Waals surface area contributed by atoms with Crippen LogP contribution in [0.4, 0.5) is 0 Å². The van der Waals surface area contributed by atoms with Crippen LogP contribution in [0.2, 0.25) is 5.02 Å². The minimum Gasteiger partial charge on any atom is -0.458 e. The van der Waals surface area contributed by atoms with E-state index in [1.54, 1.807) is 0 Å². The molecular formula is C23H25ClO3. The van der Waals surface area contributed by atoms with E-state index in [2.05, 4.69) is 27.7 Å². The van der Waals surface area contributed by atoms with E-state index in [-0.39, 0.29) is 28.3 Å². The van der Waals surface area contributed by atoms with Gasteiger partial charge in [0.15, 0.2) is 17.3 Å². The zero-order valence-electron chi connectivity index (χ0n) is 16.3. The Labute approximate surface area is 165 Å². The molecule has 3 aliphatic rings. The molecule has 1 heterocycles. The molecule has 4 heteroatoms. The molecule has 0 aromatic heterocycles. The number of rotatable bonds is 1. The highest BCUT2D eigenvalue weighted by Gasteiger charge is 2.47. The summed E-state index contributed by atoms with van der Waals surface area (Å²) in [5.41, 5.74) is 2.17. The van der Waals surface area contributed by atoms with Crippen LogP contribution in [-0.2, 0) is 14.3 Å². The molecule has 0 saturated heterocycles. The standard InChI is InChI=1S/C23H25ClO3/c1-22(2)9-14-19(13-7-5-6-8-15(13)24)20-16(25)10-23(3,4)12-18(20)27-21(14)17(26)11-22/h5-8,19H,9-12H2,1-4H3/t19-/m0/s1. The Kier molecular flexibility index (Phi) is 4.15. The summed E-state index contributed by atoms with van der Waals surface area (Å²) >= 11 is 6.55. The first-order valence-electron chi connectivity index (χ1n) is 9.53. The summed E-state index contributed by atoms with van der Waals surface area (Å²) in [7, 11) is 0. The maximum absolute atomic E-state index is 13.2. The predicted molar refractivity (Wildman–Crippen MR) is 105 cm³/mol. The van der Waals surface area contributed by atoms with Crippen LogP contribution in [0, 0.1) is 10.8 Å². The van der Waals surface area contributed by atoms with Crippen molar-refractivity contribution in [2.24, 2.45) is 10.8 Å². The molecule has 0 amide bonds. The highest BCUT2D eigenvalue weighted by Crippen LogP contribution is 2.54. The third-order valence-electron chi connectivity index (χ3n) is 5.81. The lowest BCUT2D eigenvalue weighted by atomic mass is 9.65. The number of Topliss-reactive ketones (excluding diaryl/α,β-unsaturated/α-hetero) is 2. The first kappa shape index (κ1) is 18.5. The second kappa shape index (κ2) is 6.07. The normalized spacial score (nSPS) is 26.5. The highest BCUT2D eigenvalue weighted by atomic mass is 35.5. The van der Waals surface area contributed by atoms with Gasteiger partial charge in [-0.25, -0.2) is 0 Å². The number of benzene rings is 1. The van der Waals surface area contributed by atoms with Crippen molar-refractivity contribution in [1.29, 1.82) is 0 Å². The van der Waals surface area contributed by atoms with Gasteiger partial charge in [-0.3, -0.25) is 9.59 Å². The van der Waals surface area contributed by atoms with E-state index >= 15 is 0 Å². The Morgan fingerprint density at radius 3 is 2.26 bits per heavy atom. The maximum atomic E-state index is 13.2. The van der Waals surface area contributed by atoms with Gasteiger partial charge in [0.2, 0.25) is 0 Å². The number of allylic oxidation sites excluding steroid dienone is 4. The molecular weight excluding hydrogens is 360 g/mol. The SMILES string of the molecule is CC1(C)CC(=O)C2=C(C1)OC1=C(CC(C)(C)CC1=O)[C@@H]2c1ccccc1Cl. The van der Waals surface area contributed by atoms with E-state index < -0.39 is 0 Å². The van der Waals surface area contributed by atoms with Crippen LogP contribution < -0.4 is 0 Å². The van der Waals surface area contributed by atoms with Gasteiger partial charge in [0.25, 0.3) is 0 Å². The van der Waals surface area contributed by atoms with Crippen molar-refractivity contribution in [2.75, 3.05) is 0 Å². The van der Waals surface area contributed by atoms with Crippen LogP contribution in [0.25, 0.3) is 0 Å². The molecule has 3 nitrogen and oxygen atoms in total. The van der Waals surface area contributed by atoms with Crippen molar-refractivity contribution in [3.05, 3.63) is 57.5 Å². The molecule has 0 unspecified atom stereocenters. The third kappa shape index (κ3) is 3.16. The van der Waals surface area contributed by atoms with Crippen LogP contribution in [0.5, 0.6) is 0 Å². The minimum absolute atomic E-state index is 0.0284. The Bertz CT molecular complexity index is 917. The molecule has 1 aromatic rings. The van der Waals surface area contributed by atoms with E-state index in [0.29, 0.717) is 41.4 Å². The van der Waals surface area contributed by atoms with Gasteiger partial charge in [-0.15, -0.1) is 0 Å². The highest BCUT2D eigenvalue weighted by molar-refractivity contribution is 6.31. The second-order valence-corrected chi connectivity index (χ2v) is 10.0. The molecule has 0 fully saturated rings. The summed E-state index contributed by atoms with van der Waals surface area (Å²) in [6.07, 6.45) is 2.32. The van der Waals surface area contributed by atoms with Crippen molar-refractivity contribution < 1.29 is 14.3 Å². The van der Waals surface area contributed by atoms with Gasteiger partial charge in [-0.2, -0.15) is 0 Å². The molecule has 0 spiro atoms. The third-order valence-corrected chi connectivity index (χ3v) is 6.15. The lowest BCUT2D eigenvalue weighted by Gasteiger charge is -2.43. The fraction of sp³-hybridized carbons (Fsp3) is 0.478. The Morgan fingerprint density at radius 1 is 0.926 bits per heavy atom. The van der Waals surface area contributed by atoms with Crippen LogP contribution in [0.3, 0.4) is 0 Å². The minimum atomic E-state index is -0.287. The lowest BCUT2D eigenvalue weighted by molar-refractivity contribution is -0.123. The van der Waals surface area contributed by atoms with Crippen molar-refractivity contribution in [1.82, 2.24) is 0 Å². The smallest absolute Gasteiger partial charge is 0.198 e. The largest absolute Gasteiger partial charge is 0.458 e. The average molecular weight is 385 g/mol. The number of carbonyl (C=O) groups excluding carboxylic acids is 2. The van der Waals surface area contributed by atoms with Crippen LogP contribution in [0.15, 0.2) is 46.9 Å². The Morgan fingerprint density at radius 2 is 1.56 bits per heavy atom. The van der Waals surface area contributed by atoms with Gasteiger partial charge in [0, 0.05) is 35.8 Å². The Hall–Kier alpha value is -1.87. The predicted octanol–water partition coefficient (Wildman–Crippen LogP) is 5.74. The van der Waals surface area contributed by atoms with Gasteiger partial charge < -0.3 is 4.74 Å². The summed E-state index contributed by atoms with van der Waals surface area (Å²) < 4.78 is 6.14. The summed E-state index contributed by atoms with van der Waals surface area (Å²) in [5.74, 6) is 0.954. The number of hydrogen-bond acceptors (Lipinski definition) is 3. The van der Waals surface area contributed by atoms with Crippen LogP contribution in [-0.4, -0.2) is 11.6 Å². The summed E-state index contributed by atoms with van der Waals surface area (Å²) in [6.45, 7) is 8.32. The topological polar surface area (TPSA) is 43.4 Å². The molecule has 0 radical (unpaired) electrons. The van der Waals surface area contributed by atoms with Gasteiger partial charge in [-0.05, 0) is 34.5 Å². The lowest BCUT2D eigenvalue weighted by Crippen LogP contribution is -2.37. The van der Waals surface area contributed by atoms with Gasteiger partial charge in [0.05, 0.1) is 0 Å². The van der Waals surface area contributed by atoms with E-state index in [1.165, 1.54) is 0 Å². The molecule has 0 saturated carbocycles. The molecule has 1 aliphatic heterocycles. The van der Waals surface area contributed by atoms with Crippen LogP contribution >= 0.6 is 11.6 Å². The Balaban J connectivity index is 1.94. The number of carbonyl (C=O) groups is 2. The molecule has 27 heavy (non-hydrogen) atoms. The van der Waals surface area contributed by atoms with Crippen LogP contribution in [0.1, 0.15) is 64.9 Å². The first-order valence-corrected chi connectivity index (χ1v) is 9.91. The zero-order valence-corrected chi connectivity index (χ0v) is 17.1. The summed E-state index contributed by atoms with van der Waals surface area (Å²) in [5, 5.41) is 0.622. The van der Waals surface area contributed by atoms with Crippen molar-refractivity contribution >= 4 is 23.2 Å². The van der Waals surface area contributed by atoms with Gasteiger partial charge in [-0.1, -0.05) is 57.5 Å². The van der Waals surface area contributed by atoms with Gasteiger partial charge in [0.1, 0.15) is 5.76 Å². The molecule has 1 atom stereocenters. The van der Waals surface area contributed by atoms with Crippen molar-refractivity contribution in [2.45, 2.75) is 59.3 Å². The summed E-state index contributed by atoms with van der Waals surface area (Å²) in [4.78, 5) is 26.1. The van der Waals surface area contributed by atoms with Gasteiger partial charge >= 0.3 is 0 Å². The van der Waals surface area contributed by atoms with Crippen molar-refractivity contribution in [3.8, 4) is 0 Å². The van der Waals surface area contributed by atoms with E-state index in [0.717, 1.165) is 17.6 Å². The first-order chi connectivity index (χ1) is 12.6. The van der Waals surface area contributed by atoms with E-state index in [9.17, 15) is 9.59 Å². The molecule has 1 aromatic carbocycles. The van der Waals surface area contributed by atoms with Crippen molar-refractivity contribution in [3.63, 3.8) is 0 Å². The van der Waals surface area contributed by atoms with E-state index in [4.69, 9.17) is 16.3 Å². The second-order valence-electron chi connectivity index (χ2n) is 9.63.